The van der Waals surface area contributed by atoms with Crippen LogP contribution in [0.2, 0.25) is 4.47 Å². The predicted molar refractivity (Wildman–Crippen MR) is 59.6 cm³/mol. The lowest BCUT2D eigenvalue weighted by Gasteiger charge is -2.26. The van der Waals surface area contributed by atoms with Crippen molar-refractivity contribution >= 4 is 28.8 Å². The molecule has 0 saturated heterocycles. The molecule has 1 aromatic rings. The monoisotopic (exact) mass is 297 g/mol. The van der Waals surface area contributed by atoms with Crippen molar-refractivity contribution in [3.8, 4) is 0 Å². The molecule has 0 fully saturated rings. The number of rotatable bonds is 1. The van der Waals surface area contributed by atoms with E-state index in [-0.39, 0.29) is 29.0 Å². The first-order valence-electron chi connectivity index (χ1n) is 4.92. The highest BCUT2D eigenvalue weighted by Crippen LogP contribution is 2.30. The van der Waals surface area contributed by atoms with E-state index in [2.05, 4.69) is 10.2 Å². The average molecular weight is 298 g/mol. The molecule has 1 aliphatic rings. The zero-order valence-corrected chi connectivity index (χ0v) is 10.4. The summed E-state index contributed by atoms with van der Waals surface area (Å²) < 4.78 is 37.3. The lowest BCUT2D eigenvalue weighted by molar-refractivity contribution is -0.0957. The Balaban J connectivity index is 2.06. The van der Waals surface area contributed by atoms with E-state index in [1.807, 2.05) is 0 Å². The Labute approximate surface area is 109 Å². The summed E-state index contributed by atoms with van der Waals surface area (Å²) in [7, 11) is 0. The van der Waals surface area contributed by atoms with E-state index in [9.17, 15) is 18.0 Å². The first-order chi connectivity index (χ1) is 8.38. The number of alkyl halides is 3. The van der Waals surface area contributed by atoms with Gasteiger partial charge in [-0.25, -0.2) is 0 Å². The molecule has 0 spiro atoms. The Hall–Kier alpha value is -1.15. The molecule has 0 bridgehead atoms. The van der Waals surface area contributed by atoms with Crippen LogP contribution >= 0.6 is 22.9 Å². The highest BCUT2D eigenvalue weighted by atomic mass is 35.5. The quantitative estimate of drug-likeness (QED) is 0.748. The largest absolute Gasteiger partial charge is 0.412 e. The summed E-state index contributed by atoms with van der Waals surface area (Å²) in [4.78, 5) is 13.1. The van der Waals surface area contributed by atoms with Gasteiger partial charge in [0.2, 0.25) is 9.47 Å². The van der Waals surface area contributed by atoms with Gasteiger partial charge in [-0.15, -0.1) is 10.2 Å². The summed E-state index contributed by atoms with van der Waals surface area (Å²) in [5.41, 5.74) is -0.596. The summed E-state index contributed by atoms with van der Waals surface area (Å²) in [5.74, 6) is -0.447. The van der Waals surface area contributed by atoms with E-state index in [1.165, 1.54) is 4.90 Å². The van der Waals surface area contributed by atoms with Crippen molar-refractivity contribution < 1.29 is 18.0 Å². The molecular formula is C9H7ClF3N3OS. The van der Waals surface area contributed by atoms with Crippen LogP contribution in [-0.4, -0.2) is 40.3 Å². The molecular weight excluding hydrogens is 291 g/mol. The van der Waals surface area contributed by atoms with Crippen LogP contribution in [0.5, 0.6) is 0 Å². The van der Waals surface area contributed by atoms with Crippen molar-refractivity contribution in [3.05, 3.63) is 21.1 Å². The van der Waals surface area contributed by atoms with Crippen LogP contribution < -0.4 is 0 Å². The van der Waals surface area contributed by atoms with Gasteiger partial charge in [0.15, 0.2) is 0 Å². The normalized spacial score (nSPS) is 16.7. The molecule has 0 aliphatic carbocycles. The van der Waals surface area contributed by atoms with Crippen molar-refractivity contribution in [3.63, 3.8) is 0 Å². The van der Waals surface area contributed by atoms with Gasteiger partial charge in [0.1, 0.15) is 0 Å². The fourth-order valence-electron chi connectivity index (χ4n) is 1.54. The van der Waals surface area contributed by atoms with Crippen molar-refractivity contribution in [1.29, 1.82) is 0 Å². The fraction of sp³-hybridized carbons (Fsp3) is 0.444. The molecule has 4 nitrogen and oxygen atoms in total. The molecule has 9 heteroatoms. The standard InChI is InChI=1S/C9H7ClF3N3OS/c10-8-15-14-6(18-8)7(17)16-3-1-5(2-4-16)9(11,12)13/h1H,2-4H2. The number of hydrogen-bond donors (Lipinski definition) is 0. The van der Waals surface area contributed by atoms with Crippen molar-refractivity contribution in [2.45, 2.75) is 12.6 Å². The minimum atomic E-state index is -4.32. The predicted octanol–water partition coefficient (Wildman–Crippen LogP) is 2.53. The van der Waals surface area contributed by atoms with E-state index in [4.69, 9.17) is 11.6 Å². The Kier molecular flexibility index (Phi) is 3.58. The van der Waals surface area contributed by atoms with Crippen LogP contribution in [0.4, 0.5) is 13.2 Å². The van der Waals surface area contributed by atoms with Crippen molar-refractivity contribution in [2.75, 3.05) is 13.1 Å². The summed E-state index contributed by atoms with van der Waals surface area (Å²) in [6.07, 6.45) is -3.51. The molecule has 2 rings (SSSR count). The third kappa shape index (κ3) is 2.81. The third-order valence-electron chi connectivity index (χ3n) is 2.44. The number of carbonyl (C=O) groups excluding carboxylic acids is 1. The Morgan fingerprint density at radius 1 is 1.44 bits per heavy atom. The van der Waals surface area contributed by atoms with Crippen molar-refractivity contribution in [2.24, 2.45) is 0 Å². The van der Waals surface area contributed by atoms with Gasteiger partial charge in [-0.05, 0) is 18.0 Å². The van der Waals surface area contributed by atoms with E-state index in [1.54, 1.807) is 0 Å². The van der Waals surface area contributed by atoms with Crippen molar-refractivity contribution in [1.82, 2.24) is 15.1 Å². The zero-order chi connectivity index (χ0) is 13.3. The number of aromatic nitrogens is 2. The zero-order valence-electron chi connectivity index (χ0n) is 8.87. The minimum absolute atomic E-state index is 0.0153. The lowest BCUT2D eigenvalue weighted by Crippen LogP contribution is -2.36. The number of amides is 1. The smallest absolute Gasteiger partial charge is 0.332 e. The topological polar surface area (TPSA) is 46.1 Å². The molecule has 1 aliphatic heterocycles. The molecule has 1 amide bonds. The molecule has 98 valence electrons. The number of nitrogens with zero attached hydrogens (tertiary/aromatic N) is 3. The Morgan fingerprint density at radius 3 is 2.61 bits per heavy atom. The van der Waals surface area contributed by atoms with E-state index in [0.29, 0.717) is 0 Å². The van der Waals surface area contributed by atoms with Gasteiger partial charge < -0.3 is 4.90 Å². The second-order valence-corrected chi connectivity index (χ2v) is 5.15. The van der Waals surface area contributed by atoms with Gasteiger partial charge in [-0.1, -0.05) is 17.4 Å². The number of carbonyl (C=O) groups is 1. The van der Waals surface area contributed by atoms with Gasteiger partial charge in [0.25, 0.3) is 5.91 Å². The Bertz CT molecular complexity index is 499. The average Bonchev–Trinajstić information content (AvgIpc) is 2.74. The van der Waals surface area contributed by atoms with E-state index >= 15 is 0 Å². The lowest BCUT2D eigenvalue weighted by atomic mass is 10.1. The molecule has 0 radical (unpaired) electrons. The maximum atomic E-state index is 12.4. The highest BCUT2D eigenvalue weighted by molar-refractivity contribution is 7.17. The minimum Gasteiger partial charge on any atom is -0.332 e. The van der Waals surface area contributed by atoms with Gasteiger partial charge >= 0.3 is 6.18 Å². The molecule has 2 heterocycles. The number of halogens is 4. The fourth-order valence-corrected chi connectivity index (χ4v) is 2.33. The SMILES string of the molecule is O=C(c1nnc(Cl)s1)N1CC=C(C(F)(F)F)CC1. The number of hydrogen-bond acceptors (Lipinski definition) is 4. The van der Waals surface area contributed by atoms with Gasteiger partial charge in [-0.2, -0.15) is 13.2 Å². The molecule has 0 unspecified atom stereocenters. The van der Waals surface area contributed by atoms with Crippen LogP contribution in [0.3, 0.4) is 0 Å². The van der Waals surface area contributed by atoms with Crippen LogP contribution in [0, 0.1) is 0 Å². The molecule has 0 aromatic carbocycles. The maximum Gasteiger partial charge on any atom is 0.412 e. The highest BCUT2D eigenvalue weighted by Gasteiger charge is 2.35. The first-order valence-corrected chi connectivity index (χ1v) is 6.12. The second-order valence-electron chi connectivity index (χ2n) is 3.59. The summed E-state index contributed by atoms with van der Waals surface area (Å²) in [6, 6.07) is 0. The van der Waals surface area contributed by atoms with Gasteiger partial charge in [-0.3, -0.25) is 4.79 Å². The van der Waals surface area contributed by atoms with Crippen LogP contribution in [0.25, 0.3) is 0 Å². The van der Waals surface area contributed by atoms with E-state index < -0.39 is 17.7 Å². The summed E-state index contributed by atoms with van der Waals surface area (Å²) in [5, 5.41) is 7.13. The molecule has 0 saturated carbocycles. The van der Waals surface area contributed by atoms with Crippen LogP contribution in [0.1, 0.15) is 16.2 Å². The molecule has 18 heavy (non-hydrogen) atoms. The molecule has 1 aromatic heterocycles. The first kappa shape index (κ1) is 13.3. The van der Waals surface area contributed by atoms with Crippen LogP contribution in [-0.2, 0) is 0 Å². The molecule has 0 N–H and O–H groups in total. The van der Waals surface area contributed by atoms with E-state index in [0.717, 1.165) is 17.4 Å². The Morgan fingerprint density at radius 2 is 2.17 bits per heavy atom. The van der Waals surface area contributed by atoms with Crippen LogP contribution in [0.15, 0.2) is 11.6 Å². The third-order valence-corrected chi connectivity index (χ3v) is 3.45. The van der Waals surface area contributed by atoms with Gasteiger partial charge in [0.05, 0.1) is 0 Å². The summed E-state index contributed by atoms with van der Waals surface area (Å²) in [6.45, 7) is -0.0632. The van der Waals surface area contributed by atoms with Gasteiger partial charge in [0, 0.05) is 18.7 Å². The second kappa shape index (κ2) is 4.85. The molecule has 0 atom stereocenters. The summed E-state index contributed by atoms with van der Waals surface area (Å²) >= 11 is 6.44. The maximum absolute atomic E-state index is 12.4.